The summed E-state index contributed by atoms with van der Waals surface area (Å²) in [7, 11) is 1.62. The lowest BCUT2D eigenvalue weighted by Gasteiger charge is -2.07. The van der Waals surface area contributed by atoms with Gasteiger partial charge in [0, 0.05) is 6.04 Å². The second kappa shape index (κ2) is 5.22. The fraction of sp³-hybridized carbons (Fsp3) is 0.429. The van der Waals surface area contributed by atoms with E-state index in [9.17, 15) is 0 Å². The summed E-state index contributed by atoms with van der Waals surface area (Å²) < 4.78 is 16.0. The van der Waals surface area contributed by atoms with Crippen LogP contribution in [0.15, 0.2) is 22.7 Å². The molecule has 0 aliphatic carbocycles. The van der Waals surface area contributed by atoms with Crippen LogP contribution in [0.1, 0.15) is 17.4 Å². The third-order valence-corrected chi connectivity index (χ3v) is 3.48. The first-order valence-electron chi connectivity index (χ1n) is 6.51. The van der Waals surface area contributed by atoms with Gasteiger partial charge < -0.3 is 19.7 Å². The van der Waals surface area contributed by atoms with E-state index in [0.717, 1.165) is 16.9 Å². The molecular weight excluding hydrogens is 258 g/mol. The maximum Gasteiger partial charge on any atom is 0.234 e. The largest absolute Gasteiger partial charge is 0.496 e. The van der Waals surface area contributed by atoms with Gasteiger partial charge in [0.2, 0.25) is 11.7 Å². The molecule has 3 rings (SSSR count). The zero-order valence-electron chi connectivity index (χ0n) is 11.5. The SMILES string of the molecule is COc1cc(C)ccc1-c1noc(C2COCC2N)n1. The van der Waals surface area contributed by atoms with Crippen molar-refractivity contribution in [1.29, 1.82) is 0 Å². The van der Waals surface area contributed by atoms with Crippen LogP contribution in [0.3, 0.4) is 0 Å². The fourth-order valence-corrected chi connectivity index (χ4v) is 2.30. The molecule has 1 aliphatic rings. The van der Waals surface area contributed by atoms with Crippen LogP contribution in [0, 0.1) is 6.92 Å². The first-order chi connectivity index (χ1) is 9.69. The van der Waals surface area contributed by atoms with Gasteiger partial charge in [-0.2, -0.15) is 4.98 Å². The van der Waals surface area contributed by atoms with Crippen LogP contribution < -0.4 is 10.5 Å². The van der Waals surface area contributed by atoms with Gasteiger partial charge in [0.25, 0.3) is 0 Å². The van der Waals surface area contributed by atoms with Gasteiger partial charge in [0.15, 0.2) is 0 Å². The number of rotatable bonds is 3. The van der Waals surface area contributed by atoms with Crippen molar-refractivity contribution < 1.29 is 14.0 Å². The average Bonchev–Trinajstić information content (AvgIpc) is 3.07. The summed E-state index contributed by atoms with van der Waals surface area (Å²) in [5.41, 5.74) is 7.88. The number of nitrogens with two attached hydrogens (primary N) is 1. The standard InChI is InChI=1S/C14H17N3O3/c1-8-3-4-9(12(5-8)18-2)13-16-14(20-17-13)10-6-19-7-11(10)15/h3-5,10-11H,6-7,15H2,1-2H3. The molecule has 1 saturated heterocycles. The predicted octanol–water partition coefficient (Wildman–Crippen LogP) is 1.49. The van der Waals surface area contributed by atoms with Crippen LogP contribution in [0.2, 0.25) is 0 Å². The Balaban J connectivity index is 1.94. The lowest BCUT2D eigenvalue weighted by Crippen LogP contribution is -2.26. The Labute approximate surface area is 116 Å². The van der Waals surface area contributed by atoms with Crippen LogP contribution in [-0.2, 0) is 4.74 Å². The monoisotopic (exact) mass is 275 g/mol. The van der Waals surface area contributed by atoms with E-state index in [1.807, 2.05) is 25.1 Å². The first kappa shape index (κ1) is 13.1. The highest BCUT2D eigenvalue weighted by molar-refractivity contribution is 5.64. The van der Waals surface area contributed by atoms with E-state index in [1.54, 1.807) is 7.11 Å². The van der Waals surface area contributed by atoms with Crippen molar-refractivity contribution in [2.45, 2.75) is 18.9 Å². The molecular formula is C14H17N3O3. The van der Waals surface area contributed by atoms with Gasteiger partial charge >= 0.3 is 0 Å². The Kier molecular flexibility index (Phi) is 3.42. The average molecular weight is 275 g/mol. The molecule has 6 heteroatoms. The van der Waals surface area contributed by atoms with Crippen molar-refractivity contribution in [3.05, 3.63) is 29.7 Å². The number of aryl methyl sites for hydroxylation is 1. The molecule has 2 heterocycles. The van der Waals surface area contributed by atoms with Crippen LogP contribution in [0.5, 0.6) is 5.75 Å². The highest BCUT2D eigenvalue weighted by Crippen LogP contribution is 2.31. The molecule has 20 heavy (non-hydrogen) atoms. The second-order valence-corrected chi connectivity index (χ2v) is 4.97. The van der Waals surface area contributed by atoms with Gasteiger partial charge in [-0.25, -0.2) is 0 Å². The Morgan fingerprint density at radius 2 is 2.20 bits per heavy atom. The summed E-state index contributed by atoms with van der Waals surface area (Å²) in [6.07, 6.45) is 0. The van der Waals surface area contributed by atoms with Crippen LogP contribution in [0.25, 0.3) is 11.4 Å². The molecule has 1 aliphatic heterocycles. The molecule has 0 amide bonds. The molecule has 2 atom stereocenters. The maximum absolute atomic E-state index is 5.96. The summed E-state index contributed by atoms with van der Waals surface area (Å²) in [5.74, 6) is 1.72. The molecule has 0 spiro atoms. The Bertz CT molecular complexity index is 611. The summed E-state index contributed by atoms with van der Waals surface area (Å²) in [4.78, 5) is 4.43. The van der Waals surface area contributed by atoms with Crippen molar-refractivity contribution in [2.75, 3.05) is 20.3 Å². The molecule has 1 aromatic heterocycles. The van der Waals surface area contributed by atoms with Crippen LogP contribution >= 0.6 is 0 Å². The Morgan fingerprint density at radius 3 is 2.90 bits per heavy atom. The minimum atomic E-state index is -0.0942. The fourth-order valence-electron chi connectivity index (χ4n) is 2.30. The number of aromatic nitrogens is 2. The molecule has 2 unspecified atom stereocenters. The minimum Gasteiger partial charge on any atom is -0.496 e. The number of nitrogens with zero attached hydrogens (tertiary/aromatic N) is 2. The molecule has 0 saturated carbocycles. The van der Waals surface area contributed by atoms with E-state index in [0.29, 0.717) is 24.9 Å². The van der Waals surface area contributed by atoms with Crippen LogP contribution in [-0.4, -0.2) is 36.5 Å². The normalized spacial score (nSPS) is 22.1. The summed E-state index contributed by atoms with van der Waals surface area (Å²) in [5, 5.41) is 4.03. The highest BCUT2D eigenvalue weighted by atomic mass is 16.5. The number of methoxy groups -OCH3 is 1. The Hall–Kier alpha value is -1.92. The molecule has 1 aromatic carbocycles. The Morgan fingerprint density at radius 1 is 1.35 bits per heavy atom. The number of benzene rings is 1. The van der Waals surface area contributed by atoms with Crippen molar-refractivity contribution >= 4 is 0 Å². The first-order valence-corrected chi connectivity index (χ1v) is 6.51. The number of hydrogen-bond acceptors (Lipinski definition) is 6. The number of ether oxygens (including phenoxy) is 2. The van der Waals surface area contributed by atoms with E-state index in [2.05, 4.69) is 10.1 Å². The minimum absolute atomic E-state index is 0.0345. The van der Waals surface area contributed by atoms with Gasteiger partial charge in [-0.05, 0) is 24.6 Å². The topological polar surface area (TPSA) is 83.4 Å². The molecule has 0 radical (unpaired) electrons. The molecule has 6 nitrogen and oxygen atoms in total. The van der Waals surface area contributed by atoms with Gasteiger partial charge in [-0.15, -0.1) is 0 Å². The third-order valence-electron chi connectivity index (χ3n) is 3.48. The zero-order valence-corrected chi connectivity index (χ0v) is 11.5. The van der Waals surface area contributed by atoms with E-state index in [1.165, 1.54) is 0 Å². The van der Waals surface area contributed by atoms with Gasteiger partial charge in [0.1, 0.15) is 5.75 Å². The summed E-state index contributed by atoms with van der Waals surface area (Å²) in [6.45, 7) is 3.05. The smallest absolute Gasteiger partial charge is 0.234 e. The van der Waals surface area contributed by atoms with Crippen molar-refractivity contribution in [2.24, 2.45) is 5.73 Å². The van der Waals surface area contributed by atoms with E-state index in [4.69, 9.17) is 19.7 Å². The van der Waals surface area contributed by atoms with Crippen molar-refractivity contribution in [3.63, 3.8) is 0 Å². The quantitative estimate of drug-likeness (QED) is 0.913. The summed E-state index contributed by atoms with van der Waals surface area (Å²) in [6, 6.07) is 5.75. The molecule has 0 bridgehead atoms. The molecule has 2 N–H and O–H groups in total. The van der Waals surface area contributed by atoms with Crippen molar-refractivity contribution in [1.82, 2.24) is 10.1 Å². The molecule has 2 aromatic rings. The van der Waals surface area contributed by atoms with Gasteiger partial charge in [-0.1, -0.05) is 11.2 Å². The molecule has 106 valence electrons. The summed E-state index contributed by atoms with van der Waals surface area (Å²) >= 11 is 0. The van der Waals surface area contributed by atoms with E-state index < -0.39 is 0 Å². The third kappa shape index (κ3) is 2.28. The highest BCUT2D eigenvalue weighted by Gasteiger charge is 2.31. The lowest BCUT2D eigenvalue weighted by molar-refractivity contribution is 0.187. The van der Waals surface area contributed by atoms with Crippen molar-refractivity contribution in [3.8, 4) is 17.1 Å². The predicted molar refractivity (Wildman–Crippen MR) is 72.6 cm³/mol. The van der Waals surface area contributed by atoms with Crippen LogP contribution in [0.4, 0.5) is 0 Å². The van der Waals surface area contributed by atoms with Gasteiger partial charge in [0.05, 0.1) is 31.8 Å². The van der Waals surface area contributed by atoms with E-state index >= 15 is 0 Å². The van der Waals surface area contributed by atoms with E-state index in [-0.39, 0.29) is 12.0 Å². The van der Waals surface area contributed by atoms with Gasteiger partial charge in [-0.3, -0.25) is 0 Å². The maximum atomic E-state index is 5.96. The second-order valence-electron chi connectivity index (χ2n) is 4.97. The molecule has 1 fully saturated rings. The zero-order chi connectivity index (χ0) is 14.1. The number of hydrogen-bond donors (Lipinski definition) is 1. The lowest BCUT2D eigenvalue weighted by atomic mass is 10.1.